The Morgan fingerprint density at radius 1 is 1.50 bits per heavy atom. The Morgan fingerprint density at radius 3 is 2.78 bits per heavy atom. The van der Waals surface area contributed by atoms with Gasteiger partial charge in [0.2, 0.25) is 5.91 Å². The van der Waals surface area contributed by atoms with Gasteiger partial charge in [0, 0.05) is 12.5 Å². The first-order chi connectivity index (χ1) is 8.42. The van der Waals surface area contributed by atoms with Gasteiger partial charge < -0.3 is 14.2 Å². The molecule has 0 aliphatic carbocycles. The molecule has 6 nitrogen and oxygen atoms in total. The van der Waals surface area contributed by atoms with Crippen molar-refractivity contribution in [3.63, 3.8) is 0 Å². The maximum Gasteiger partial charge on any atom is 0.260 e. The molecule has 6 heteroatoms. The van der Waals surface area contributed by atoms with E-state index in [1.165, 1.54) is 0 Å². The first kappa shape index (κ1) is 13.0. The minimum atomic E-state index is -0.704. The molecule has 0 aromatic carbocycles. The van der Waals surface area contributed by atoms with Crippen LogP contribution in [0.25, 0.3) is 0 Å². The smallest absolute Gasteiger partial charge is 0.260 e. The van der Waals surface area contributed by atoms with Gasteiger partial charge in [-0.1, -0.05) is 19.0 Å². The van der Waals surface area contributed by atoms with Crippen LogP contribution in [0.15, 0.2) is 4.52 Å². The maximum absolute atomic E-state index is 12.0. The van der Waals surface area contributed by atoms with Crippen LogP contribution in [-0.4, -0.2) is 40.6 Å². The van der Waals surface area contributed by atoms with Crippen LogP contribution < -0.4 is 0 Å². The quantitative estimate of drug-likeness (QED) is 0.789. The predicted octanol–water partition coefficient (Wildman–Crippen LogP) is 1.11. The van der Waals surface area contributed by atoms with E-state index in [-0.39, 0.29) is 11.8 Å². The second-order valence-electron chi connectivity index (χ2n) is 5.14. The molecule has 18 heavy (non-hydrogen) atoms. The van der Waals surface area contributed by atoms with Gasteiger partial charge in [0.15, 0.2) is 11.4 Å². The number of rotatable bonds is 2. The third-order valence-corrected chi connectivity index (χ3v) is 3.06. The SMILES string of the molecule is Cc1noc(C2(C)CN(C(=O)C(C)C)CCO2)n1. The van der Waals surface area contributed by atoms with Crippen molar-refractivity contribution in [2.75, 3.05) is 19.7 Å². The van der Waals surface area contributed by atoms with Crippen molar-refractivity contribution < 1.29 is 14.1 Å². The van der Waals surface area contributed by atoms with E-state index >= 15 is 0 Å². The average Bonchev–Trinajstić information content (AvgIpc) is 2.75. The first-order valence-corrected chi connectivity index (χ1v) is 6.16. The highest BCUT2D eigenvalue weighted by Gasteiger charge is 2.40. The van der Waals surface area contributed by atoms with E-state index in [0.717, 1.165) is 0 Å². The van der Waals surface area contributed by atoms with Crippen molar-refractivity contribution in [1.29, 1.82) is 0 Å². The Balaban J connectivity index is 2.17. The van der Waals surface area contributed by atoms with Crippen LogP contribution in [0, 0.1) is 12.8 Å². The molecule has 1 atom stereocenters. The number of amides is 1. The zero-order valence-corrected chi connectivity index (χ0v) is 11.3. The van der Waals surface area contributed by atoms with E-state index in [2.05, 4.69) is 10.1 Å². The van der Waals surface area contributed by atoms with E-state index < -0.39 is 5.60 Å². The number of morpholine rings is 1. The number of ether oxygens (including phenoxy) is 1. The summed E-state index contributed by atoms with van der Waals surface area (Å²) in [6.45, 7) is 8.97. The summed E-state index contributed by atoms with van der Waals surface area (Å²) in [6.07, 6.45) is 0. The first-order valence-electron chi connectivity index (χ1n) is 6.16. The van der Waals surface area contributed by atoms with E-state index in [4.69, 9.17) is 9.26 Å². The van der Waals surface area contributed by atoms with Crippen molar-refractivity contribution in [2.24, 2.45) is 5.92 Å². The fraction of sp³-hybridized carbons (Fsp3) is 0.750. The van der Waals surface area contributed by atoms with E-state index in [1.54, 1.807) is 11.8 Å². The van der Waals surface area contributed by atoms with Crippen molar-refractivity contribution in [2.45, 2.75) is 33.3 Å². The molecule has 0 bridgehead atoms. The van der Waals surface area contributed by atoms with Gasteiger partial charge in [-0.25, -0.2) is 0 Å². The van der Waals surface area contributed by atoms with Gasteiger partial charge >= 0.3 is 0 Å². The van der Waals surface area contributed by atoms with Gasteiger partial charge in [-0.3, -0.25) is 4.79 Å². The lowest BCUT2D eigenvalue weighted by Crippen LogP contribution is -2.51. The Morgan fingerprint density at radius 2 is 2.22 bits per heavy atom. The van der Waals surface area contributed by atoms with Crippen LogP contribution >= 0.6 is 0 Å². The summed E-state index contributed by atoms with van der Waals surface area (Å²) in [5.74, 6) is 1.11. The standard InChI is InChI=1S/C12H19N3O3/c1-8(2)10(16)15-5-6-17-12(4,7-15)11-13-9(3)14-18-11/h8H,5-7H2,1-4H3. The summed E-state index contributed by atoms with van der Waals surface area (Å²) in [5, 5.41) is 3.77. The van der Waals surface area contributed by atoms with E-state index in [0.29, 0.717) is 31.4 Å². The molecule has 1 amide bonds. The third kappa shape index (κ3) is 2.38. The Bertz CT molecular complexity index is 444. The lowest BCUT2D eigenvalue weighted by atomic mass is 10.0. The summed E-state index contributed by atoms with van der Waals surface area (Å²) < 4.78 is 10.9. The molecule has 100 valence electrons. The van der Waals surface area contributed by atoms with Crippen LogP contribution in [0.2, 0.25) is 0 Å². The fourth-order valence-electron chi connectivity index (χ4n) is 2.06. The lowest BCUT2D eigenvalue weighted by Gasteiger charge is -2.38. The Kier molecular flexibility index (Phi) is 3.38. The number of aryl methyl sites for hydroxylation is 1. The molecular weight excluding hydrogens is 234 g/mol. The molecule has 1 aromatic heterocycles. The monoisotopic (exact) mass is 253 g/mol. The number of nitrogens with zero attached hydrogens (tertiary/aromatic N) is 3. The number of hydrogen-bond donors (Lipinski definition) is 0. The molecular formula is C12H19N3O3. The molecule has 1 fully saturated rings. The molecule has 2 rings (SSSR count). The minimum Gasteiger partial charge on any atom is -0.362 e. The molecule has 0 saturated carbocycles. The molecule has 0 N–H and O–H groups in total. The highest BCUT2D eigenvalue weighted by Crippen LogP contribution is 2.28. The summed E-state index contributed by atoms with van der Waals surface area (Å²) in [4.78, 5) is 18.0. The number of aromatic nitrogens is 2. The van der Waals surface area contributed by atoms with Gasteiger partial charge in [0.25, 0.3) is 5.89 Å². The van der Waals surface area contributed by atoms with Crippen LogP contribution in [0.3, 0.4) is 0 Å². The van der Waals surface area contributed by atoms with Gasteiger partial charge in [-0.2, -0.15) is 4.98 Å². The summed E-state index contributed by atoms with van der Waals surface area (Å²) in [6, 6.07) is 0. The van der Waals surface area contributed by atoms with Crippen LogP contribution in [0.4, 0.5) is 0 Å². The van der Waals surface area contributed by atoms with Crippen LogP contribution in [0.1, 0.15) is 32.5 Å². The molecule has 1 aromatic rings. The van der Waals surface area contributed by atoms with E-state index in [1.807, 2.05) is 20.8 Å². The van der Waals surface area contributed by atoms with Crippen molar-refractivity contribution in [3.8, 4) is 0 Å². The molecule has 1 aliphatic heterocycles. The molecule has 1 aliphatic rings. The maximum atomic E-state index is 12.0. The summed E-state index contributed by atoms with van der Waals surface area (Å²) in [5.41, 5.74) is -0.704. The van der Waals surface area contributed by atoms with Gasteiger partial charge in [-0.05, 0) is 13.8 Å². The highest BCUT2D eigenvalue weighted by atomic mass is 16.5. The highest BCUT2D eigenvalue weighted by molar-refractivity contribution is 5.78. The molecule has 0 radical (unpaired) electrons. The number of carbonyl (C=O) groups excluding carboxylic acids is 1. The lowest BCUT2D eigenvalue weighted by molar-refractivity contribution is -0.156. The Hall–Kier alpha value is -1.43. The normalized spacial score (nSPS) is 24.6. The minimum absolute atomic E-state index is 0.0169. The largest absolute Gasteiger partial charge is 0.362 e. The molecule has 0 spiro atoms. The third-order valence-electron chi connectivity index (χ3n) is 3.06. The fourth-order valence-corrected chi connectivity index (χ4v) is 2.06. The van der Waals surface area contributed by atoms with Crippen LogP contribution in [0.5, 0.6) is 0 Å². The number of carbonyl (C=O) groups is 1. The van der Waals surface area contributed by atoms with Crippen molar-refractivity contribution in [1.82, 2.24) is 15.0 Å². The second-order valence-corrected chi connectivity index (χ2v) is 5.14. The molecule has 2 heterocycles. The molecule has 1 unspecified atom stereocenters. The van der Waals surface area contributed by atoms with Crippen LogP contribution in [-0.2, 0) is 15.1 Å². The van der Waals surface area contributed by atoms with Crippen molar-refractivity contribution in [3.05, 3.63) is 11.7 Å². The zero-order chi connectivity index (χ0) is 13.3. The zero-order valence-electron chi connectivity index (χ0n) is 11.3. The predicted molar refractivity (Wildman–Crippen MR) is 63.8 cm³/mol. The van der Waals surface area contributed by atoms with Gasteiger partial charge in [0.05, 0.1) is 13.2 Å². The summed E-state index contributed by atoms with van der Waals surface area (Å²) >= 11 is 0. The number of hydrogen-bond acceptors (Lipinski definition) is 5. The average molecular weight is 253 g/mol. The molecule has 1 saturated heterocycles. The van der Waals surface area contributed by atoms with Gasteiger partial charge in [-0.15, -0.1) is 0 Å². The topological polar surface area (TPSA) is 68.5 Å². The second kappa shape index (κ2) is 4.68. The Labute approximate surface area is 106 Å². The van der Waals surface area contributed by atoms with E-state index in [9.17, 15) is 4.79 Å². The van der Waals surface area contributed by atoms with Gasteiger partial charge in [0.1, 0.15) is 0 Å². The van der Waals surface area contributed by atoms with Crippen molar-refractivity contribution >= 4 is 5.91 Å². The summed E-state index contributed by atoms with van der Waals surface area (Å²) in [7, 11) is 0.